The van der Waals surface area contributed by atoms with Crippen LogP contribution in [0, 0.1) is 0 Å². The minimum absolute atomic E-state index is 0. The summed E-state index contributed by atoms with van der Waals surface area (Å²) >= 11 is 0. The predicted octanol–water partition coefficient (Wildman–Crippen LogP) is -3.70. The largest absolute Gasteiger partial charge is 2.00 e. The van der Waals surface area contributed by atoms with Gasteiger partial charge in [-0.05, 0) is 0 Å². The van der Waals surface area contributed by atoms with Gasteiger partial charge in [0.1, 0.15) is 0 Å². The average Bonchev–Trinajstić information content (AvgIpc) is 0.811. The van der Waals surface area contributed by atoms with Crippen LogP contribution in [0.3, 0.4) is 0 Å². The third-order valence-corrected chi connectivity index (χ3v) is 0. The van der Waals surface area contributed by atoms with E-state index in [1.165, 1.54) is 0 Å². The van der Waals surface area contributed by atoms with Crippen molar-refractivity contribution in [3.63, 3.8) is 0 Å². The van der Waals surface area contributed by atoms with Crippen LogP contribution in [0.25, 0.3) is 0 Å². The first-order chi connectivity index (χ1) is 1.73. The van der Waals surface area contributed by atoms with Crippen LogP contribution in [0.1, 0.15) is 0 Å². The monoisotopic (exact) mass is 152 g/mol. The molecule has 0 bridgehead atoms. The molecule has 0 heterocycles. The Kier molecular flexibility index (Phi) is 24.6. The molecule has 0 spiro atoms. The van der Waals surface area contributed by atoms with Crippen LogP contribution in [-0.2, 0) is 21.0 Å². The second-order valence-electron chi connectivity index (χ2n) is 0.250. The van der Waals surface area contributed by atoms with Gasteiger partial charge in [0.15, 0.2) is 0 Å². The molecule has 0 saturated heterocycles. The molecule has 0 aliphatic heterocycles. The average molecular weight is 153 g/mol. The third-order valence-electron chi connectivity index (χ3n) is 0. The Morgan fingerprint density at radius 3 is 1.33 bits per heavy atom. The summed E-state index contributed by atoms with van der Waals surface area (Å²) in [7, 11) is -3.63. The number of rotatable bonds is 0. The Balaban J connectivity index is -0.0000000450. The summed E-state index contributed by atoms with van der Waals surface area (Å²) in [5.74, 6) is 0. The van der Waals surface area contributed by atoms with E-state index in [9.17, 15) is 0 Å². The maximum atomic E-state index is 8.52. The van der Waals surface area contributed by atoms with Crippen LogP contribution in [0.2, 0.25) is 0 Å². The maximum Gasteiger partial charge on any atom is 2.00 e. The second kappa shape index (κ2) is 8.91. The smallest absolute Gasteiger partial charge is 0.672 e. The molecular formula is H2NiO4Si. The fraction of sp³-hybridized carbons (Fsp3) is 0. The van der Waals surface area contributed by atoms with Gasteiger partial charge >= 0.3 is 16.5 Å². The maximum absolute atomic E-state index is 8.52. The van der Waals surface area contributed by atoms with E-state index in [1.54, 1.807) is 0 Å². The van der Waals surface area contributed by atoms with Crippen molar-refractivity contribution in [2.75, 3.05) is 0 Å². The van der Waals surface area contributed by atoms with Crippen molar-refractivity contribution in [1.29, 1.82) is 0 Å². The van der Waals surface area contributed by atoms with E-state index in [1.807, 2.05) is 0 Å². The zero-order valence-corrected chi connectivity index (χ0v) is 4.53. The third kappa shape index (κ3) is 7740. The summed E-state index contributed by atoms with van der Waals surface area (Å²) in [6.45, 7) is 0. The molecule has 0 aliphatic rings. The van der Waals surface area contributed by atoms with Crippen LogP contribution < -0.4 is 9.59 Å². The molecule has 0 radical (unpaired) electrons. The van der Waals surface area contributed by atoms with Crippen LogP contribution in [0.4, 0.5) is 0 Å². The molecule has 6 heteroatoms. The van der Waals surface area contributed by atoms with Gasteiger partial charge in [0.05, 0.1) is 0 Å². The predicted molar refractivity (Wildman–Crippen MR) is 10.1 cm³/mol. The zero-order chi connectivity index (χ0) is 3.58. The first-order valence-electron chi connectivity index (χ1n) is 0.612. The van der Waals surface area contributed by atoms with Gasteiger partial charge in [-0.1, -0.05) is 0 Å². The van der Waals surface area contributed by atoms with E-state index >= 15 is 0 Å². The Morgan fingerprint density at radius 2 is 1.33 bits per heavy atom. The SMILES string of the molecule is O.O=[Si]([O-])[O-].[Ni+2]. The van der Waals surface area contributed by atoms with Gasteiger partial charge < -0.3 is 19.5 Å². The van der Waals surface area contributed by atoms with Gasteiger partial charge in [0.25, 0.3) is 0 Å². The molecule has 0 saturated carbocycles. The summed E-state index contributed by atoms with van der Waals surface area (Å²) in [6.07, 6.45) is 0. The van der Waals surface area contributed by atoms with Gasteiger partial charge in [0, 0.05) is 9.17 Å². The molecule has 0 amide bonds. The summed E-state index contributed by atoms with van der Waals surface area (Å²) in [6, 6.07) is 0. The molecular weight excluding hydrogens is 151 g/mol. The van der Waals surface area contributed by atoms with Gasteiger partial charge in [-0.3, -0.25) is 0 Å². The van der Waals surface area contributed by atoms with E-state index in [-0.39, 0.29) is 22.0 Å². The molecule has 0 atom stereocenters. The van der Waals surface area contributed by atoms with Crippen LogP contribution in [0.15, 0.2) is 0 Å². The summed E-state index contributed by atoms with van der Waals surface area (Å²) < 4.78 is 8.52. The minimum atomic E-state index is -3.63. The Labute approximate surface area is 45.9 Å². The van der Waals surface area contributed by atoms with Crippen molar-refractivity contribution in [2.24, 2.45) is 0 Å². The number of hydrogen-bond donors (Lipinski definition) is 0. The normalized spacial score (nSPS) is 4.00. The molecule has 0 unspecified atom stereocenters. The first kappa shape index (κ1) is 16.6. The number of hydrogen-bond acceptors (Lipinski definition) is 3. The molecule has 4 nitrogen and oxygen atoms in total. The zero-order valence-electron chi connectivity index (χ0n) is 2.54. The minimum Gasteiger partial charge on any atom is -0.672 e. The molecule has 0 rings (SSSR count). The van der Waals surface area contributed by atoms with Gasteiger partial charge in [-0.25, -0.2) is 0 Å². The summed E-state index contributed by atoms with van der Waals surface area (Å²) in [5, 5.41) is 0. The van der Waals surface area contributed by atoms with Crippen molar-refractivity contribution >= 4 is 9.17 Å². The van der Waals surface area contributed by atoms with E-state index in [0.717, 1.165) is 0 Å². The summed E-state index contributed by atoms with van der Waals surface area (Å²) in [4.78, 5) is 17.0. The van der Waals surface area contributed by atoms with Gasteiger partial charge in [0.2, 0.25) is 0 Å². The molecule has 0 aromatic rings. The topological polar surface area (TPSA) is 94.7 Å². The Bertz CT molecular complexity index is 30.5. The van der Waals surface area contributed by atoms with Crippen molar-refractivity contribution in [2.45, 2.75) is 0 Å². The Hall–Kier alpha value is 0.0704. The molecule has 0 aromatic carbocycles. The van der Waals surface area contributed by atoms with Crippen molar-refractivity contribution in [3.05, 3.63) is 0 Å². The molecule has 0 aromatic heterocycles. The van der Waals surface area contributed by atoms with Crippen LogP contribution >= 0.6 is 0 Å². The molecule has 0 aliphatic carbocycles. The fourth-order valence-corrected chi connectivity index (χ4v) is 0. The summed E-state index contributed by atoms with van der Waals surface area (Å²) in [5.41, 5.74) is 0. The first-order valence-corrected chi connectivity index (χ1v) is 1.84. The molecule has 40 valence electrons. The van der Waals surface area contributed by atoms with Crippen molar-refractivity contribution < 1.29 is 36.0 Å². The van der Waals surface area contributed by atoms with Crippen LogP contribution in [-0.4, -0.2) is 14.6 Å². The molecule has 6 heavy (non-hydrogen) atoms. The molecule has 0 fully saturated rings. The van der Waals surface area contributed by atoms with Crippen molar-refractivity contribution in [3.8, 4) is 0 Å². The quantitative estimate of drug-likeness (QED) is 0.335. The fourth-order valence-electron chi connectivity index (χ4n) is 0. The Morgan fingerprint density at radius 1 is 1.33 bits per heavy atom. The van der Waals surface area contributed by atoms with Gasteiger partial charge in [-0.2, -0.15) is 0 Å². The second-order valence-corrected chi connectivity index (χ2v) is 0.750. The van der Waals surface area contributed by atoms with E-state index in [4.69, 9.17) is 14.1 Å². The van der Waals surface area contributed by atoms with E-state index in [0.29, 0.717) is 0 Å². The van der Waals surface area contributed by atoms with E-state index < -0.39 is 9.17 Å². The standard InChI is InChI=1S/Ni.O3Si.H2O/c;1-4(2)3;/h;;1H2/q+2;-2;. The van der Waals surface area contributed by atoms with Crippen molar-refractivity contribution in [1.82, 2.24) is 0 Å². The van der Waals surface area contributed by atoms with Crippen LogP contribution in [0.5, 0.6) is 0 Å². The molecule has 2 N–H and O–H groups in total. The van der Waals surface area contributed by atoms with E-state index in [2.05, 4.69) is 0 Å². The van der Waals surface area contributed by atoms with Gasteiger partial charge in [-0.15, -0.1) is 0 Å².